The van der Waals surface area contributed by atoms with Crippen molar-refractivity contribution in [3.63, 3.8) is 0 Å². The quantitative estimate of drug-likeness (QED) is 0.346. The summed E-state index contributed by atoms with van der Waals surface area (Å²) in [6, 6.07) is 11.3. The molecule has 0 unspecified atom stereocenters. The molecule has 3 aliphatic rings. The zero-order chi connectivity index (χ0) is 19.2. The van der Waals surface area contributed by atoms with E-state index in [1.807, 2.05) is 0 Å². The monoisotopic (exact) mass is 428 g/mol. The molecule has 1 aliphatic heterocycles. The number of fused-ring (bicyclic) bond motifs is 3. The zero-order valence-electron chi connectivity index (χ0n) is 17.2. The molecule has 0 N–H and O–H groups in total. The summed E-state index contributed by atoms with van der Waals surface area (Å²) in [6.07, 6.45) is 0. The van der Waals surface area contributed by atoms with Crippen molar-refractivity contribution in [2.24, 2.45) is 10.8 Å². The van der Waals surface area contributed by atoms with Gasteiger partial charge < -0.3 is 0 Å². The second-order valence-electron chi connectivity index (χ2n) is 8.64. The van der Waals surface area contributed by atoms with Gasteiger partial charge in [-0.15, -0.1) is 0 Å². The van der Waals surface area contributed by atoms with Crippen molar-refractivity contribution in [1.82, 2.24) is 0 Å². The van der Waals surface area contributed by atoms with Gasteiger partial charge in [-0.25, -0.2) is 0 Å². The first kappa shape index (κ1) is 18.5. The fourth-order valence-electron chi connectivity index (χ4n) is 6.11. The van der Waals surface area contributed by atoms with Gasteiger partial charge in [0, 0.05) is 0 Å². The summed E-state index contributed by atoms with van der Waals surface area (Å²) in [5, 5.41) is 4.87. The van der Waals surface area contributed by atoms with Gasteiger partial charge in [-0.2, -0.15) is 0 Å². The van der Waals surface area contributed by atoms with Gasteiger partial charge in [0.2, 0.25) is 0 Å². The fourth-order valence-corrected chi connectivity index (χ4v) is 15.5. The summed E-state index contributed by atoms with van der Waals surface area (Å²) >= 11 is 3.85. The van der Waals surface area contributed by atoms with E-state index in [4.69, 9.17) is 0 Å². The summed E-state index contributed by atoms with van der Waals surface area (Å²) in [6.45, 7) is 19.2. The minimum absolute atomic E-state index is 0.0778. The van der Waals surface area contributed by atoms with Gasteiger partial charge in [0.05, 0.1) is 0 Å². The number of hydrogen-bond acceptors (Lipinski definition) is 0. The van der Waals surface area contributed by atoms with Crippen LogP contribution in [0, 0.1) is 10.8 Å². The van der Waals surface area contributed by atoms with E-state index in [0.29, 0.717) is 0 Å². The number of benzene rings is 1. The number of rotatable bonds is 1. The number of hydrogen-bond donors (Lipinski definition) is 0. The van der Waals surface area contributed by atoms with Crippen molar-refractivity contribution in [3.8, 4) is 0 Å². The molecule has 0 radical (unpaired) electrons. The van der Waals surface area contributed by atoms with Crippen molar-refractivity contribution in [2.45, 2.75) is 55.4 Å². The molecule has 2 heteroatoms. The zero-order valence-corrected chi connectivity index (χ0v) is 19.8. The molecule has 1 fully saturated rings. The van der Waals surface area contributed by atoms with Crippen LogP contribution in [0.25, 0.3) is 0 Å². The Morgan fingerprint density at radius 2 is 1.04 bits per heavy atom. The Labute approximate surface area is 166 Å². The molecule has 4 rings (SSSR count). The maximum absolute atomic E-state index is 3.85. The van der Waals surface area contributed by atoms with E-state index >= 15 is 0 Å². The molecular weight excluding hydrogens is 398 g/mol. The Morgan fingerprint density at radius 1 is 0.654 bits per heavy atom. The molecular formula is C24H29PSe. The molecule has 0 amide bonds. The van der Waals surface area contributed by atoms with Gasteiger partial charge in [-0.1, -0.05) is 0 Å². The van der Waals surface area contributed by atoms with Gasteiger partial charge in [-0.3, -0.25) is 0 Å². The fraction of sp³-hybridized carbons (Fsp3) is 0.417. The van der Waals surface area contributed by atoms with E-state index in [1.165, 1.54) is 27.6 Å². The molecule has 26 heavy (non-hydrogen) atoms. The summed E-state index contributed by atoms with van der Waals surface area (Å²) in [7, 11) is 0. The SMILES string of the molecule is CC1=C(C)[C@@]2(C)C(=C1C)P(=[Se])(c1ccccc1)C1=C(C)C(C)=C(C)[C@@]12C. The molecule has 2 atom stereocenters. The van der Waals surface area contributed by atoms with Gasteiger partial charge in [0.15, 0.2) is 0 Å². The van der Waals surface area contributed by atoms with Crippen LogP contribution in [0.3, 0.4) is 0 Å². The van der Waals surface area contributed by atoms with Crippen LogP contribution in [0.4, 0.5) is 0 Å². The topological polar surface area (TPSA) is 0 Å². The molecule has 1 heterocycles. The van der Waals surface area contributed by atoms with E-state index < -0.39 is 5.51 Å². The molecule has 1 aromatic carbocycles. The second-order valence-corrected chi connectivity index (χ2v) is 14.7. The van der Waals surface area contributed by atoms with Crippen molar-refractivity contribution in [1.29, 1.82) is 0 Å². The van der Waals surface area contributed by atoms with E-state index in [9.17, 15) is 0 Å². The van der Waals surface area contributed by atoms with Crippen molar-refractivity contribution >= 4 is 25.9 Å². The molecule has 0 spiro atoms. The first-order valence-corrected chi connectivity index (χ1v) is 13.5. The first-order chi connectivity index (χ1) is 12.1. The third-order valence-corrected chi connectivity index (χ3v) is 15.6. The van der Waals surface area contributed by atoms with Crippen molar-refractivity contribution in [2.75, 3.05) is 0 Å². The molecule has 1 aromatic rings. The molecule has 2 aliphatic carbocycles. The Balaban J connectivity index is 2.23. The van der Waals surface area contributed by atoms with Gasteiger partial charge in [0.1, 0.15) is 0 Å². The standard InChI is InChI=1S/C24H29PSe/c1-14-16(3)21-23(7,18(14)5)24(8)19(6)15(2)17(4)22(24)25(21,26)20-12-10-9-11-13-20/h9-13H,1-8H3/t23-,24-/m0/s1. The van der Waals surface area contributed by atoms with E-state index in [0.717, 1.165) is 0 Å². The minimum atomic E-state index is -1.72. The normalized spacial score (nSPS) is 32.8. The van der Waals surface area contributed by atoms with Crippen LogP contribution < -0.4 is 5.30 Å². The molecule has 0 bridgehead atoms. The van der Waals surface area contributed by atoms with Crippen LogP contribution in [0.5, 0.6) is 0 Å². The van der Waals surface area contributed by atoms with Crippen LogP contribution in [0.15, 0.2) is 74.4 Å². The van der Waals surface area contributed by atoms with Gasteiger partial charge in [0.25, 0.3) is 0 Å². The van der Waals surface area contributed by atoms with E-state index in [2.05, 4.69) is 101 Å². The molecule has 0 nitrogen and oxygen atoms in total. The van der Waals surface area contributed by atoms with Crippen LogP contribution in [-0.4, -0.2) is 15.1 Å². The van der Waals surface area contributed by atoms with Crippen LogP contribution in [0.2, 0.25) is 0 Å². The average Bonchev–Trinajstić information content (AvgIpc) is 3.01. The van der Waals surface area contributed by atoms with Crippen molar-refractivity contribution < 1.29 is 0 Å². The molecule has 0 saturated carbocycles. The Hall–Kier alpha value is -0.871. The summed E-state index contributed by atoms with van der Waals surface area (Å²) in [5.74, 6) is 0. The molecule has 136 valence electrons. The van der Waals surface area contributed by atoms with Gasteiger partial charge in [-0.05, 0) is 0 Å². The van der Waals surface area contributed by atoms with E-state index in [1.54, 1.807) is 21.8 Å². The summed E-state index contributed by atoms with van der Waals surface area (Å²) in [4.78, 5) is 0. The predicted octanol–water partition coefficient (Wildman–Crippen LogP) is 6.69. The maximum atomic E-state index is 3.85. The predicted molar refractivity (Wildman–Crippen MR) is 117 cm³/mol. The van der Waals surface area contributed by atoms with Crippen LogP contribution in [-0.2, 0) is 0 Å². The third kappa shape index (κ3) is 1.68. The Kier molecular flexibility index (Phi) is 3.80. The Bertz CT molecular complexity index is 969. The first-order valence-electron chi connectivity index (χ1n) is 9.51. The van der Waals surface area contributed by atoms with Gasteiger partial charge >= 0.3 is 167 Å². The van der Waals surface area contributed by atoms with Crippen LogP contribution >= 0.6 is 5.51 Å². The van der Waals surface area contributed by atoms with Crippen molar-refractivity contribution in [3.05, 3.63) is 74.4 Å². The second kappa shape index (κ2) is 5.35. The average molecular weight is 427 g/mol. The Morgan fingerprint density at radius 3 is 1.42 bits per heavy atom. The summed E-state index contributed by atoms with van der Waals surface area (Å²) < 4.78 is 0. The van der Waals surface area contributed by atoms with E-state index in [-0.39, 0.29) is 10.8 Å². The third-order valence-electron chi connectivity index (χ3n) is 8.16. The van der Waals surface area contributed by atoms with Crippen LogP contribution in [0.1, 0.15) is 55.4 Å². The number of allylic oxidation sites excluding steroid dienone is 8. The molecule has 0 aromatic heterocycles. The molecule has 1 saturated heterocycles. The summed E-state index contributed by atoms with van der Waals surface area (Å²) in [5.41, 5.74) is 7.65.